The van der Waals surface area contributed by atoms with E-state index in [1.165, 1.54) is 27.6 Å². The molecule has 0 radical (unpaired) electrons. The van der Waals surface area contributed by atoms with Gasteiger partial charge in [0, 0.05) is 42.1 Å². The molecular formula is C26H27N3O4. The SMILES string of the molecule is CN1CC(COC(=O)NCCc2ccc3c(c2)OCO3)C=C2c3cccc4[nH]cc(c34)C[C@@H]21. The van der Waals surface area contributed by atoms with Crippen LogP contribution in [-0.2, 0) is 17.6 Å². The summed E-state index contributed by atoms with van der Waals surface area (Å²) in [4.78, 5) is 18.1. The van der Waals surface area contributed by atoms with Gasteiger partial charge < -0.3 is 24.5 Å². The van der Waals surface area contributed by atoms with Crippen molar-refractivity contribution in [2.24, 2.45) is 5.92 Å². The third-order valence-electron chi connectivity index (χ3n) is 6.89. The summed E-state index contributed by atoms with van der Waals surface area (Å²) in [5, 5.41) is 4.19. The number of carbonyl (C=O) groups is 1. The maximum Gasteiger partial charge on any atom is 0.407 e. The number of ether oxygens (including phenoxy) is 3. The summed E-state index contributed by atoms with van der Waals surface area (Å²) < 4.78 is 16.3. The Bertz CT molecular complexity index is 1250. The zero-order chi connectivity index (χ0) is 22.4. The van der Waals surface area contributed by atoms with E-state index in [4.69, 9.17) is 14.2 Å². The first-order chi connectivity index (χ1) is 16.2. The number of carbonyl (C=O) groups excluding carboxylic acids is 1. The van der Waals surface area contributed by atoms with Crippen molar-refractivity contribution < 1.29 is 19.0 Å². The first-order valence-corrected chi connectivity index (χ1v) is 11.5. The Morgan fingerprint density at radius 3 is 3.09 bits per heavy atom. The van der Waals surface area contributed by atoms with Gasteiger partial charge in [-0.05, 0) is 60.4 Å². The maximum atomic E-state index is 12.3. The van der Waals surface area contributed by atoms with E-state index in [0.717, 1.165) is 30.0 Å². The third-order valence-corrected chi connectivity index (χ3v) is 6.89. The Morgan fingerprint density at radius 1 is 1.24 bits per heavy atom. The van der Waals surface area contributed by atoms with Gasteiger partial charge in [0.2, 0.25) is 6.79 Å². The van der Waals surface area contributed by atoms with E-state index in [0.29, 0.717) is 25.6 Å². The highest BCUT2D eigenvalue weighted by Crippen LogP contribution is 2.40. The van der Waals surface area contributed by atoms with Gasteiger partial charge in [-0.2, -0.15) is 0 Å². The molecule has 1 aliphatic carbocycles. The first-order valence-electron chi connectivity index (χ1n) is 11.5. The number of nitrogens with one attached hydrogen (secondary N) is 2. The molecule has 0 saturated carbocycles. The van der Waals surface area contributed by atoms with Crippen LogP contribution in [0.2, 0.25) is 0 Å². The predicted molar refractivity (Wildman–Crippen MR) is 126 cm³/mol. The minimum atomic E-state index is -0.377. The van der Waals surface area contributed by atoms with Crippen LogP contribution in [0.3, 0.4) is 0 Å². The third kappa shape index (κ3) is 3.72. The van der Waals surface area contributed by atoms with Crippen LogP contribution in [-0.4, -0.2) is 55.6 Å². The monoisotopic (exact) mass is 445 g/mol. The van der Waals surface area contributed by atoms with Gasteiger partial charge in [0.1, 0.15) is 6.61 Å². The highest BCUT2D eigenvalue weighted by Gasteiger charge is 2.33. The van der Waals surface area contributed by atoms with Gasteiger partial charge in [0.15, 0.2) is 11.5 Å². The second-order valence-corrected chi connectivity index (χ2v) is 9.05. The van der Waals surface area contributed by atoms with E-state index < -0.39 is 0 Å². The highest BCUT2D eigenvalue weighted by molar-refractivity contribution is 5.98. The molecule has 2 aromatic carbocycles. The van der Waals surface area contributed by atoms with Gasteiger partial charge in [0.25, 0.3) is 0 Å². The fourth-order valence-electron chi connectivity index (χ4n) is 5.29. The van der Waals surface area contributed by atoms with Gasteiger partial charge >= 0.3 is 6.09 Å². The van der Waals surface area contributed by atoms with Crippen molar-refractivity contribution >= 4 is 22.6 Å². The molecule has 33 heavy (non-hydrogen) atoms. The summed E-state index contributed by atoms with van der Waals surface area (Å²) in [6, 6.07) is 12.7. The molecule has 2 N–H and O–H groups in total. The number of amides is 1. The number of hydrogen-bond donors (Lipinski definition) is 2. The standard InChI is InChI=1S/C26H27N3O4/c1-29-13-17(9-20-19-3-2-4-21-25(19)18(12-28-21)11-22(20)29)14-31-26(30)27-8-7-16-5-6-23-24(10-16)33-15-32-23/h2-6,9-10,12,17,22,28H,7-8,11,13-15H2,1H3,(H,27,30)/t17?,22-/m0/s1. The van der Waals surface area contributed by atoms with Crippen molar-refractivity contribution in [2.75, 3.05) is 33.5 Å². The van der Waals surface area contributed by atoms with Crippen LogP contribution in [0.15, 0.2) is 48.7 Å². The summed E-state index contributed by atoms with van der Waals surface area (Å²) >= 11 is 0. The van der Waals surface area contributed by atoms with Crippen LogP contribution in [0.25, 0.3) is 16.5 Å². The molecule has 1 amide bonds. The number of H-pyrrole nitrogens is 1. The Hall–Kier alpha value is -3.45. The first kappa shape index (κ1) is 20.2. The molecule has 3 aromatic rings. The molecule has 7 nitrogen and oxygen atoms in total. The van der Waals surface area contributed by atoms with E-state index in [9.17, 15) is 4.79 Å². The molecule has 3 heterocycles. The summed E-state index contributed by atoms with van der Waals surface area (Å²) in [5.41, 5.74) is 6.29. The Kier molecular flexibility index (Phi) is 4.99. The largest absolute Gasteiger partial charge is 0.454 e. The van der Waals surface area contributed by atoms with E-state index in [1.54, 1.807) is 0 Å². The van der Waals surface area contributed by atoms with Gasteiger partial charge in [0.05, 0.1) is 0 Å². The molecule has 1 unspecified atom stereocenters. The molecule has 0 spiro atoms. The van der Waals surface area contributed by atoms with Crippen molar-refractivity contribution in [1.29, 1.82) is 0 Å². The smallest absolute Gasteiger partial charge is 0.407 e. The minimum absolute atomic E-state index is 0.164. The fourth-order valence-corrected chi connectivity index (χ4v) is 5.29. The summed E-state index contributed by atoms with van der Waals surface area (Å²) in [6.07, 6.45) is 5.79. The fraction of sp³-hybridized carbons (Fsp3) is 0.346. The molecule has 0 fully saturated rings. The molecule has 1 aromatic heterocycles. The van der Waals surface area contributed by atoms with Crippen molar-refractivity contribution in [2.45, 2.75) is 18.9 Å². The summed E-state index contributed by atoms with van der Waals surface area (Å²) in [7, 11) is 2.16. The average Bonchev–Trinajstić information content (AvgIpc) is 3.46. The van der Waals surface area contributed by atoms with Gasteiger partial charge in [-0.25, -0.2) is 4.79 Å². The van der Waals surface area contributed by atoms with Crippen molar-refractivity contribution in [3.05, 3.63) is 65.4 Å². The number of aromatic nitrogens is 1. The quantitative estimate of drug-likeness (QED) is 0.626. The number of hydrogen-bond acceptors (Lipinski definition) is 5. The molecular weight excluding hydrogens is 418 g/mol. The second kappa shape index (κ2) is 8.15. The lowest BCUT2D eigenvalue weighted by molar-refractivity contribution is 0.120. The number of fused-ring (bicyclic) bond motifs is 3. The molecule has 6 rings (SSSR count). The topological polar surface area (TPSA) is 75.8 Å². The van der Waals surface area contributed by atoms with Crippen LogP contribution in [0, 0.1) is 5.92 Å². The molecule has 170 valence electrons. The Labute approximate surface area is 192 Å². The Balaban J connectivity index is 1.07. The summed E-state index contributed by atoms with van der Waals surface area (Å²) in [6.45, 7) is 2.00. The van der Waals surface area contributed by atoms with Crippen molar-refractivity contribution in [3.8, 4) is 11.5 Å². The minimum Gasteiger partial charge on any atom is -0.454 e. The molecule has 2 aliphatic heterocycles. The number of rotatable bonds is 5. The van der Waals surface area contributed by atoms with E-state index in [-0.39, 0.29) is 18.8 Å². The van der Waals surface area contributed by atoms with Crippen LogP contribution in [0.1, 0.15) is 16.7 Å². The number of likely N-dealkylation sites (N-methyl/N-ethyl adjacent to an activating group) is 1. The second-order valence-electron chi connectivity index (χ2n) is 9.05. The normalized spacial score (nSPS) is 20.9. The molecule has 7 heteroatoms. The number of alkyl carbamates (subject to hydrolysis) is 1. The van der Waals surface area contributed by atoms with Gasteiger partial charge in [-0.15, -0.1) is 0 Å². The average molecular weight is 446 g/mol. The number of benzene rings is 2. The van der Waals surface area contributed by atoms with E-state index in [2.05, 4.69) is 52.7 Å². The van der Waals surface area contributed by atoms with Crippen LogP contribution in [0.5, 0.6) is 11.5 Å². The molecule has 3 aliphatic rings. The number of aromatic amines is 1. The highest BCUT2D eigenvalue weighted by atomic mass is 16.7. The van der Waals surface area contributed by atoms with Crippen molar-refractivity contribution in [1.82, 2.24) is 15.2 Å². The van der Waals surface area contributed by atoms with E-state index in [1.807, 2.05) is 18.2 Å². The zero-order valence-corrected chi connectivity index (χ0v) is 18.6. The lowest BCUT2D eigenvalue weighted by Crippen LogP contribution is -2.43. The van der Waals surface area contributed by atoms with Crippen LogP contribution in [0.4, 0.5) is 4.79 Å². The van der Waals surface area contributed by atoms with E-state index >= 15 is 0 Å². The maximum absolute atomic E-state index is 12.3. The molecule has 0 saturated heterocycles. The molecule has 2 atom stereocenters. The van der Waals surface area contributed by atoms with Crippen molar-refractivity contribution in [3.63, 3.8) is 0 Å². The zero-order valence-electron chi connectivity index (χ0n) is 18.6. The predicted octanol–water partition coefficient (Wildman–Crippen LogP) is 3.74. The lowest BCUT2D eigenvalue weighted by atomic mass is 9.80. The Morgan fingerprint density at radius 2 is 2.15 bits per heavy atom. The lowest BCUT2D eigenvalue weighted by Gasteiger charge is -2.39. The van der Waals surface area contributed by atoms with Crippen LogP contribution < -0.4 is 14.8 Å². The van der Waals surface area contributed by atoms with Gasteiger partial charge in [-0.3, -0.25) is 4.90 Å². The van der Waals surface area contributed by atoms with Gasteiger partial charge in [-0.1, -0.05) is 24.3 Å². The summed E-state index contributed by atoms with van der Waals surface area (Å²) in [5.74, 6) is 1.69. The molecule has 0 bridgehead atoms. The van der Waals surface area contributed by atoms with Crippen LogP contribution >= 0.6 is 0 Å². The number of nitrogens with zero attached hydrogens (tertiary/aromatic N) is 1.